The van der Waals surface area contributed by atoms with Crippen molar-refractivity contribution in [1.82, 2.24) is 4.98 Å². The number of rotatable bonds is 5. The number of hydrogen-bond acceptors (Lipinski definition) is 4. The van der Waals surface area contributed by atoms with Crippen LogP contribution in [0.2, 0.25) is 0 Å². The lowest BCUT2D eigenvalue weighted by Gasteiger charge is -2.06. The van der Waals surface area contributed by atoms with Crippen LogP contribution in [0.4, 0.5) is 9.52 Å². The van der Waals surface area contributed by atoms with Crippen molar-refractivity contribution in [3.63, 3.8) is 0 Å². The maximum absolute atomic E-state index is 14.0. The lowest BCUT2D eigenvalue weighted by molar-refractivity contribution is -0.115. The van der Waals surface area contributed by atoms with Crippen LogP contribution in [0.5, 0.6) is 0 Å². The zero-order chi connectivity index (χ0) is 21.3. The summed E-state index contributed by atoms with van der Waals surface area (Å²) in [7, 11) is -1.03. The molecular formula is C23H19FN2O2S2. The second-order valence-electron chi connectivity index (χ2n) is 6.94. The van der Waals surface area contributed by atoms with Crippen molar-refractivity contribution in [3.8, 4) is 0 Å². The number of aromatic nitrogens is 1. The minimum atomic E-state index is -1.03. The predicted molar refractivity (Wildman–Crippen MR) is 121 cm³/mol. The minimum absolute atomic E-state index is 0.132. The first-order valence-electron chi connectivity index (χ1n) is 9.27. The molecule has 2 aromatic carbocycles. The third-order valence-electron chi connectivity index (χ3n) is 4.99. The van der Waals surface area contributed by atoms with E-state index in [0.29, 0.717) is 5.13 Å². The first-order valence-corrected chi connectivity index (χ1v) is 11.7. The number of thiazole rings is 1. The molecule has 7 heteroatoms. The molecule has 0 aliphatic heterocycles. The molecule has 0 fully saturated rings. The molecule has 0 bridgehead atoms. The Balaban J connectivity index is 1.70. The van der Waals surface area contributed by atoms with Gasteiger partial charge in [0.05, 0.1) is 6.42 Å². The maximum Gasteiger partial charge on any atom is 0.230 e. The molecule has 0 saturated carbocycles. The number of carbonyl (C=O) groups excluding carboxylic acids is 1. The summed E-state index contributed by atoms with van der Waals surface area (Å²) in [5.41, 5.74) is 5.27. The summed E-state index contributed by atoms with van der Waals surface area (Å²) < 4.78 is 25.6. The van der Waals surface area contributed by atoms with Crippen LogP contribution in [0.3, 0.4) is 0 Å². The highest BCUT2D eigenvalue weighted by molar-refractivity contribution is 7.84. The molecule has 1 N–H and O–H groups in total. The van der Waals surface area contributed by atoms with Gasteiger partial charge in [0.25, 0.3) is 0 Å². The lowest BCUT2D eigenvalue weighted by Crippen LogP contribution is -2.11. The van der Waals surface area contributed by atoms with Gasteiger partial charge in [0.1, 0.15) is 5.82 Å². The number of hydrogen-bond donors (Lipinski definition) is 1. The summed E-state index contributed by atoms with van der Waals surface area (Å²) in [4.78, 5) is 17.4. The molecule has 0 radical (unpaired) electrons. The van der Waals surface area contributed by atoms with E-state index >= 15 is 0 Å². The van der Waals surface area contributed by atoms with Gasteiger partial charge < -0.3 is 5.32 Å². The van der Waals surface area contributed by atoms with Gasteiger partial charge in [-0.15, -0.1) is 11.3 Å². The first kappa shape index (κ1) is 20.4. The van der Waals surface area contributed by atoms with E-state index in [0.717, 1.165) is 38.3 Å². The van der Waals surface area contributed by atoms with E-state index in [1.807, 2.05) is 37.3 Å². The van der Waals surface area contributed by atoms with Gasteiger partial charge in [0.15, 0.2) is 5.13 Å². The second kappa shape index (κ2) is 8.45. The molecule has 1 aliphatic rings. The van der Waals surface area contributed by atoms with Gasteiger partial charge in [0.2, 0.25) is 5.91 Å². The zero-order valence-electron chi connectivity index (χ0n) is 16.4. The summed E-state index contributed by atoms with van der Waals surface area (Å²) in [5.74, 6) is -0.527. The van der Waals surface area contributed by atoms with Crippen LogP contribution in [0.1, 0.15) is 30.0 Å². The Bertz CT molecular complexity index is 1200. The number of anilines is 1. The van der Waals surface area contributed by atoms with Crippen LogP contribution in [0.25, 0.3) is 17.2 Å². The number of benzene rings is 2. The van der Waals surface area contributed by atoms with Crippen molar-refractivity contribution in [2.75, 3.05) is 11.6 Å². The van der Waals surface area contributed by atoms with E-state index < -0.39 is 10.8 Å². The van der Waals surface area contributed by atoms with Crippen molar-refractivity contribution in [1.29, 1.82) is 0 Å². The number of allylic oxidation sites excluding steroid dienone is 2. The monoisotopic (exact) mass is 438 g/mol. The highest BCUT2D eigenvalue weighted by Gasteiger charge is 2.26. The van der Waals surface area contributed by atoms with Crippen LogP contribution in [0, 0.1) is 5.82 Å². The predicted octanol–water partition coefficient (Wildman–Crippen LogP) is 5.38. The largest absolute Gasteiger partial charge is 0.302 e. The normalized spacial score (nSPS) is 15.4. The Morgan fingerprint density at radius 3 is 2.63 bits per heavy atom. The highest BCUT2D eigenvalue weighted by atomic mass is 32.2. The molecule has 1 aliphatic carbocycles. The standard InChI is InChI=1S/C23H19FN2O2S2/c1-14-19(11-15-3-6-17(7-4-15)30(2)28)18-8-5-16(24)12-21(18)20(14)13-22(27)26-23-25-9-10-29-23/h3-12H,13H2,1-2H3,(H,25,26,27). The van der Waals surface area contributed by atoms with Gasteiger partial charge in [-0.05, 0) is 70.7 Å². The van der Waals surface area contributed by atoms with E-state index in [-0.39, 0.29) is 18.1 Å². The molecule has 1 aromatic heterocycles. The number of nitrogens with zero attached hydrogens (tertiary/aromatic N) is 1. The van der Waals surface area contributed by atoms with E-state index in [1.165, 1.54) is 23.5 Å². The van der Waals surface area contributed by atoms with Crippen LogP contribution >= 0.6 is 11.3 Å². The molecule has 1 amide bonds. The van der Waals surface area contributed by atoms with Gasteiger partial charge in [-0.1, -0.05) is 18.2 Å². The molecule has 3 aromatic rings. The summed E-state index contributed by atoms with van der Waals surface area (Å²) in [5, 5.41) is 5.12. The van der Waals surface area contributed by atoms with Gasteiger partial charge in [-0.25, -0.2) is 9.37 Å². The lowest BCUT2D eigenvalue weighted by atomic mass is 10.0. The molecule has 152 valence electrons. The first-order chi connectivity index (χ1) is 14.4. The van der Waals surface area contributed by atoms with Crippen LogP contribution in [-0.4, -0.2) is 21.4 Å². The molecule has 1 atom stereocenters. The van der Waals surface area contributed by atoms with Crippen LogP contribution in [0.15, 0.2) is 64.5 Å². The van der Waals surface area contributed by atoms with Crippen molar-refractivity contribution in [3.05, 3.63) is 82.1 Å². The average Bonchev–Trinajstić information content (AvgIpc) is 3.31. The van der Waals surface area contributed by atoms with E-state index in [1.54, 1.807) is 23.9 Å². The van der Waals surface area contributed by atoms with E-state index in [9.17, 15) is 13.4 Å². The molecule has 1 heterocycles. The second-order valence-corrected chi connectivity index (χ2v) is 9.21. The Kier molecular flexibility index (Phi) is 5.74. The van der Waals surface area contributed by atoms with Crippen molar-refractivity contribution in [2.24, 2.45) is 0 Å². The number of carbonyl (C=O) groups is 1. The summed E-state index contributed by atoms with van der Waals surface area (Å²) in [6.07, 6.45) is 5.42. The molecule has 4 rings (SSSR count). The Morgan fingerprint density at radius 1 is 1.20 bits per heavy atom. The van der Waals surface area contributed by atoms with E-state index in [4.69, 9.17) is 0 Å². The van der Waals surface area contributed by atoms with Gasteiger partial charge in [0, 0.05) is 33.5 Å². The fourth-order valence-electron chi connectivity index (χ4n) is 3.51. The van der Waals surface area contributed by atoms with Gasteiger partial charge in [-0.2, -0.15) is 0 Å². The third kappa shape index (κ3) is 4.17. The zero-order valence-corrected chi connectivity index (χ0v) is 18.1. The van der Waals surface area contributed by atoms with Crippen LogP contribution in [-0.2, 0) is 15.6 Å². The quantitative estimate of drug-likeness (QED) is 0.582. The third-order valence-corrected chi connectivity index (χ3v) is 6.62. The average molecular weight is 439 g/mol. The van der Waals surface area contributed by atoms with Crippen LogP contribution < -0.4 is 5.32 Å². The van der Waals surface area contributed by atoms with Crippen molar-refractivity contribution < 1.29 is 13.4 Å². The molecule has 0 spiro atoms. The number of amides is 1. The number of halogens is 1. The smallest absolute Gasteiger partial charge is 0.230 e. The maximum atomic E-state index is 14.0. The molecule has 0 saturated heterocycles. The van der Waals surface area contributed by atoms with Gasteiger partial charge >= 0.3 is 0 Å². The molecule has 4 nitrogen and oxygen atoms in total. The van der Waals surface area contributed by atoms with Gasteiger partial charge in [-0.3, -0.25) is 9.00 Å². The number of fused-ring (bicyclic) bond motifs is 1. The summed E-state index contributed by atoms with van der Waals surface area (Å²) in [6, 6.07) is 12.2. The topological polar surface area (TPSA) is 59.1 Å². The van der Waals surface area contributed by atoms with Crippen molar-refractivity contribution >= 4 is 50.4 Å². The highest BCUT2D eigenvalue weighted by Crippen LogP contribution is 2.44. The fourth-order valence-corrected chi connectivity index (χ4v) is 4.58. The molecular weight excluding hydrogens is 419 g/mol. The SMILES string of the molecule is CC1=C(CC(=O)Nc2nccs2)c2cc(F)ccc2C1=Cc1ccc(S(C)=O)cc1. The Labute approximate surface area is 180 Å². The minimum Gasteiger partial charge on any atom is -0.302 e. The van der Waals surface area contributed by atoms with Crippen molar-refractivity contribution in [2.45, 2.75) is 18.2 Å². The molecule has 1 unspecified atom stereocenters. The summed E-state index contributed by atoms with van der Waals surface area (Å²) in [6.45, 7) is 1.95. The summed E-state index contributed by atoms with van der Waals surface area (Å²) >= 11 is 1.35. The Morgan fingerprint density at radius 2 is 1.97 bits per heavy atom. The number of nitrogens with one attached hydrogen (secondary N) is 1. The molecule has 30 heavy (non-hydrogen) atoms. The Hall–Kier alpha value is -2.90. The van der Waals surface area contributed by atoms with E-state index in [2.05, 4.69) is 10.3 Å². The fraction of sp³-hybridized carbons (Fsp3) is 0.130.